The van der Waals surface area contributed by atoms with Gasteiger partial charge in [-0.05, 0) is 25.0 Å². The van der Waals surface area contributed by atoms with E-state index in [1.165, 1.54) is 57.1 Å². The van der Waals surface area contributed by atoms with Crippen LogP contribution in [0.5, 0.6) is 0 Å². The number of hydrogen-bond acceptors (Lipinski definition) is 1. The van der Waals surface area contributed by atoms with Gasteiger partial charge in [-0.25, -0.2) is 0 Å². The minimum absolute atomic E-state index is 0.709. The molecule has 1 heteroatoms. The van der Waals surface area contributed by atoms with Gasteiger partial charge in [-0.1, -0.05) is 70.6 Å². The van der Waals surface area contributed by atoms with Crippen LogP contribution in [-0.4, -0.2) is 13.1 Å². The topological polar surface area (TPSA) is 3.24 Å². The van der Waals surface area contributed by atoms with Crippen molar-refractivity contribution in [3.05, 3.63) is 30.3 Å². The molecule has 1 nitrogen and oxygen atoms in total. The second-order valence-electron chi connectivity index (χ2n) is 5.59. The molecule has 0 aliphatic rings. The predicted octanol–water partition coefficient (Wildman–Crippen LogP) is 5.65. The lowest BCUT2D eigenvalue weighted by Crippen LogP contribution is -2.31. The van der Waals surface area contributed by atoms with E-state index in [0.717, 1.165) is 0 Å². The van der Waals surface area contributed by atoms with Crippen molar-refractivity contribution >= 4 is 5.69 Å². The standard InChI is InChI=1S/C18H31N/c1-4-6-9-13-17(14-10-7-5-2)19(3)18-15-11-8-12-16-18/h8,11-12,15-17H,4-7,9-10,13-14H2,1-3H3. The van der Waals surface area contributed by atoms with Crippen molar-refractivity contribution in [2.24, 2.45) is 0 Å². The molecule has 1 aromatic rings. The quantitative estimate of drug-likeness (QED) is 0.492. The molecule has 0 N–H and O–H groups in total. The molecule has 0 heterocycles. The highest BCUT2D eigenvalue weighted by atomic mass is 15.1. The first-order chi connectivity index (χ1) is 9.29. The largest absolute Gasteiger partial charge is 0.372 e. The third kappa shape index (κ3) is 6.13. The zero-order valence-corrected chi connectivity index (χ0v) is 13.1. The van der Waals surface area contributed by atoms with E-state index in [4.69, 9.17) is 0 Å². The van der Waals surface area contributed by atoms with Crippen molar-refractivity contribution in [1.29, 1.82) is 0 Å². The van der Waals surface area contributed by atoms with Crippen molar-refractivity contribution in [2.45, 2.75) is 71.3 Å². The molecule has 19 heavy (non-hydrogen) atoms. The Kier molecular flexibility index (Phi) is 8.36. The number of unbranched alkanes of at least 4 members (excludes halogenated alkanes) is 4. The summed E-state index contributed by atoms with van der Waals surface area (Å²) in [4.78, 5) is 2.49. The summed E-state index contributed by atoms with van der Waals surface area (Å²) in [6.07, 6.45) is 10.8. The summed E-state index contributed by atoms with van der Waals surface area (Å²) >= 11 is 0. The molecule has 0 amide bonds. The Morgan fingerprint density at radius 2 is 1.37 bits per heavy atom. The molecule has 1 aromatic carbocycles. The van der Waals surface area contributed by atoms with Crippen molar-refractivity contribution in [3.63, 3.8) is 0 Å². The highest BCUT2D eigenvalue weighted by Gasteiger charge is 2.14. The van der Waals surface area contributed by atoms with E-state index >= 15 is 0 Å². The Hall–Kier alpha value is -0.980. The lowest BCUT2D eigenvalue weighted by Gasteiger charge is -2.30. The van der Waals surface area contributed by atoms with Gasteiger partial charge in [-0.3, -0.25) is 0 Å². The summed E-state index contributed by atoms with van der Waals surface area (Å²) in [5, 5.41) is 0. The van der Waals surface area contributed by atoms with Gasteiger partial charge in [0, 0.05) is 18.8 Å². The van der Waals surface area contributed by atoms with Gasteiger partial charge in [0.15, 0.2) is 0 Å². The fourth-order valence-electron chi connectivity index (χ4n) is 2.67. The number of anilines is 1. The summed E-state index contributed by atoms with van der Waals surface area (Å²) in [5.41, 5.74) is 1.36. The summed E-state index contributed by atoms with van der Waals surface area (Å²) in [6, 6.07) is 11.5. The van der Waals surface area contributed by atoms with Crippen LogP contribution < -0.4 is 4.90 Å². The Bertz CT molecular complexity index is 297. The monoisotopic (exact) mass is 261 g/mol. The zero-order valence-electron chi connectivity index (χ0n) is 13.1. The number of nitrogens with zero attached hydrogens (tertiary/aromatic N) is 1. The molecule has 0 aliphatic heterocycles. The fourth-order valence-corrected chi connectivity index (χ4v) is 2.67. The molecule has 1 rings (SSSR count). The number of benzene rings is 1. The molecule has 0 saturated carbocycles. The number of para-hydroxylation sites is 1. The van der Waals surface area contributed by atoms with Crippen LogP contribution in [-0.2, 0) is 0 Å². The van der Waals surface area contributed by atoms with Crippen molar-refractivity contribution in [2.75, 3.05) is 11.9 Å². The van der Waals surface area contributed by atoms with E-state index in [2.05, 4.69) is 56.1 Å². The van der Waals surface area contributed by atoms with Gasteiger partial charge in [-0.15, -0.1) is 0 Å². The van der Waals surface area contributed by atoms with Crippen LogP contribution in [0.3, 0.4) is 0 Å². The maximum atomic E-state index is 2.49. The Morgan fingerprint density at radius 1 is 0.842 bits per heavy atom. The molecular weight excluding hydrogens is 230 g/mol. The van der Waals surface area contributed by atoms with E-state index in [1.54, 1.807) is 0 Å². The van der Waals surface area contributed by atoms with E-state index in [0.29, 0.717) is 6.04 Å². The van der Waals surface area contributed by atoms with E-state index in [1.807, 2.05) is 0 Å². The van der Waals surface area contributed by atoms with Crippen LogP contribution in [0.4, 0.5) is 5.69 Å². The maximum absolute atomic E-state index is 2.49. The van der Waals surface area contributed by atoms with E-state index in [9.17, 15) is 0 Å². The molecule has 0 aromatic heterocycles. The smallest absolute Gasteiger partial charge is 0.0366 e. The fraction of sp³-hybridized carbons (Fsp3) is 0.667. The SMILES string of the molecule is CCCCCC(CCCCC)N(C)c1ccccc1. The summed E-state index contributed by atoms with van der Waals surface area (Å²) in [5.74, 6) is 0. The summed E-state index contributed by atoms with van der Waals surface area (Å²) < 4.78 is 0. The number of rotatable bonds is 10. The van der Waals surface area contributed by atoms with E-state index in [-0.39, 0.29) is 0 Å². The third-order valence-corrected chi connectivity index (χ3v) is 3.99. The van der Waals surface area contributed by atoms with Gasteiger partial charge in [-0.2, -0.15) is 0 Å². The second-order valence-corrected chi connectivity index (χ2v) is 5.59. The molecule has 0 unspecified atom stereocenters. The van der Waals surface area contributed by atoms with Crippen molar-refractivity contribution in [3.8, 4) is 0 Å². The van der Waals surface area contributed by atoms with Gasteiger partial charge in [0.2, 0.25) is 0 Å². The minimum atomic E-state index is 0.709. The van der Waals surface area contributed by atoms with Crippen LogP contribution in [0.25, 0.3) is 0 Å². The van der Waals surface area contributed by atoms with Crippen LogP contribution in [0, 0.1) is 0 Å². The molecule has 0 atom stereocenters. The molecule has 108 valence electrons. The summed E-state index contributed by atoms with van der Waals surface area (Å²) in [7, 11) is 2.26. The first-order valence-corrected chi connectivity index (χ1v) is 8.07. The summed E-state index contributed by atoms with van der Waals surface area (Å²) in [6.45, 7) is 4.57. The molecule has 0 saturated heterocycles. The molecule has 0 aliphatic carbocycles. The zero-order chi connectivity index (χ0) is 13.9. The van der Waals surface area contributed by atoms with Gasteiger partial charge >= 0.3 is 0 Å². The van der Waals surface area contributed by atoms with Crippen LogP contribution in [0.15, 0.2) is 30.3 Å². The molecule has 0 radical (unpaired) electrons. The number of hydrogen-bond donors (Lipinski definition) is 0. The van der Waals surface area contributed by atoms with E-state index < -0.39 is 0 Å². The second kappa shape index (κ2) is 9.89. The Morgan fingerprint density at radius 3 is 1.84 bits per heavy atom. The highest BCUT2D eigenvalue weighted by Crippen LogP contribution is 2.22. The highest BCUT2D eigenvalue weighted by molar-refractivity contribution is 5.46. The third-order valence-electron chi connectivity index (χ3n) is 3.99. The van der Waals surface area contributed by atoms with Crippen molar-refractivity contribution in [1.82, 2.24) is 0 Å². The maximum Gasteiger partial charge on any atom is 0.0366 e. The van der Waals surface area contributed by atoms with Gasteiger partial charge in [0.1, 0.15) is 0 Å². The average Bonchev–Trinajstić information content (AvgIpc) is 2.46. The predicted molar refractivity (Wildman–Crippen MR) is 86.9 cm³/mol. The molecule has 0 spiro atoms. The molecule has 0 fully saturated rings. The van der Waals surface area contributed by atoms with Gasteiger partial charge in [0.05, 0.1) is 0 Å². The normalized spacial score (nSPS) is 10.9. The average molecular weight is 261 g/mol. The van der Waals surface area contributed by atoms with Crippen LogP contribution in [0.1, 0.15) is 65.2 Å². The minimum Gasteiger partial charge on any atom is -0.372 e. The van der Waals surface area contributed by atoms with Gasteiger partial charge in [0.25, 0.3) is 0 Å². The molecule has 0 bridgehead atoms. The Balaban J connectivity index is 2.55. The first-order valence-electron chi connectivity index (χ1n) is 8.07. The Labute approximate surface area is 120 Å². The lowest BCUT2D eigenvalue weighted by atomic mass is 10.0. The van der Waals surface area contributed by atoms with Crippen LogP contribution >= 0.6 is 0 Å². The molecular formula is C18H31N. The van der Waals surface area contributed by atoms with Crippen LogP contribution in [0.2, 0.25) is 0 Å². The van der Waals surface area contributed by atoms with Crippen molar-refractivity contribution < 1.29 is 0 Å². The first kappa shape index (κ1) is 16.1. The lowest BCUT2D eigenvalue weighted by molar-refractivity contribution is 0.485. The van der Waals surface area contributed by atoms with Gasteiger partial charge < -0.3 is 4.90 Å².